The summed E-state index contributed by atoms with van der Waals surface area (Å²) < 4.78 is 18.8. The average molecular weight is 476 g/mol. The van der Waals surface area contributed by atoms with Gasteiger partial charge in [-0.15, -0.1) is 11.3 Å². The van der Waals surface area contributed by atoms with Gasteiger partial charge in [-0.2, -0.15) is 4.98 Å². The summed E-state index contributed by atoms with van der Waals surface area (Å²) in [4.78, 5) is 30.6. The molecule has 2 N–H and O–H groups in total. The Hall–Kier alpha value is -4.31. The van der Waals surface area contributed by atoms with Crippen molar-refractivity contribution < 1.29 is 28.9 Å². The van der Waals surface area contributed by atoms with Gasteiger partial charge in [0.1, 0.15) is 16.7 Å². The Morgan fingerprint density at radius 1 is 1.24 bits per heavy atom. The standard InChI is InChI=1S/C24H16N2O7S/c1-31-15(28)9-12-16-21-17(13(27)10-14(32-21)11-5-3-2-4-6-11)19(29)20(30)22(16)33-23-18(12)26-7-8-34-24(26)25-23/h2-8,10,12,29-30H,9H2,1H3. The van der Waals surface area contributed by atoms with Crippen LogP contribution in [0, 0.1) is 0 Å². The minimum atomic E-state index is -0.737. The summed E-state index contributed by atoms with van der Waals surface area (Å²) in [5.41, 5.74) is 0.919. The lowest BCUT2D eigenvalue weighted by Crippen LogP contribution is -2.18. The van der Waals surface area contributed by atoms with Crippen LogP contribution in [0.25, 0.3) is 27.3 Å². The highest BCUT2D eigenvalue weighted by atomic mass is 32.1. The van der Waals surface area contributed by atoms with E-state index in [1.54, 1.807) is 34.9 Å². The van der Waals surface area contributed by atoms with Crippen molar-refractivity contribution in [3.8, 4) is 34.5 Å². The van der Waals surface area contributed by atoms with Crippen LogP contribution in [0.2, 0.25) is 0 Å². The van der Waals surface area contributed by atoms with E-state index >= 15 is 0 Å². The minimum absolute atomic E-state index is 0.0152. The molecule has 2 aromatic carbocycles. The number of hydrogen-bond acceptors (Lipinski definition) is 9. The van der Waals surface area contributed by atoms with E-state index in [4.69, 9.17) is 13.9 Å². The summed E-state index contributed by atoms with van der Waals surface area (Å²) in [5.74, 6) is -2.21. The number of aromatic nitrogens is 2. The largest absolute Gasteiger partial charge is 0.504 e. The van der Waals surface area contributed by atoms with Crippen LogP contribution in [-0.2, 0) is 9.53 Å². The molecule has 0 radical (unpaired) electrons. The summed E-state index contributed by atoms with van der Waals surface area (Å²) in [7, 11) is 1.28. The number of rotatable bonds is 3. The van der Waals surface area contributed by atoms with Crippen LogP contribution >= 0.6 is 11.3 Å². The number of phenols is 2. The van der Waals surface area contributed by atoms with Crippen molar-refractivity contribution in [1.29, 1.82) is 0 Å². The molecular weight excluding hydrogens is 460 g/mol. The molecule has 1 aliphatic heterocycles. The lowest BCUT2D eigenvalue weighted by atomic mass is 9.87. The smallest absolute Gasteiger partial charge is 0.306 e. The van der Waals surface area contributed by atoms with Crippen LogP contribution in [-0.4, -0.2) is 32.7 Å². The molecule has 3 aromatic heterocycles. The van der Waals surface area contributed by atoms with Crippen LogP contribution in [0.15, 0.2) is 57.2 Å². The molecule has 170 valence electrons. The van der Waals surface area contributed by atoms with Gasteiger partial charge in [-0.25, -0.2) is 0 Å². The molecule has 1 aliphatic rings. The second-order valence-corrected chi connectivity index (χ2v) is 8.65. The first-order valence-corrected chi connectivity index (χ1v) is 11.2. The number of nitrogens with zero attached hydrogens (tertiary/aromatic N) is 2. The number of imidazole rings is 1. The number of phenolic OH excluding ortho intramolecular Hbond substituents is 2. The minimum Gasteiger partial charge on any atom is -0.504 e. The molecule has 10 heteroatoms. The number of carbonyl (C=O) groups is 1. The fraction of sp³-hybridized carbons (Fsp3) is 0.125. The molecule has 0 fully saturated rings. The number of esters is 1. The molecule has 1 atom stereocenters. The van der Waals surface area contributed by atoms with Gasteiger partial charge in [0.15, 0.2) is 21.9 Å². The van der Waals surface area contributed by atoms with Gasteiger partial charge in [-0.1, -0.05) is 30.3 Å². The fourth-order valence-corrected chi connectivity index (χ4v) is 5.10. The van der Waals surface area contributed by atoms with E-state index in [0.717, 1.165) is 0 Å². The predicted molar refractivity (Wildman–Crippen MR) is 123 cm³/mol. The maximum Gasteiger partial charge on any atom is 0.306 e. The second kappa shape index (κ2) is 7.35. The first kappa shape index (κ1) is 20.3. The Bertz CT molecular complexity index is 1670. The summed E-state index contributed by atoms with van der Waals surface area (Å²) >= 11 is 1.37. The van der Waals surface area contributed by atoms with Crippen LogP contribution in [0.1, 0.15) is 23.6 Å². The molecule has 0 bridgehead atoms. The maximum absolute atomic E-state index is 13.1. The molecule has 34 heavy (non-hydrogen) atoms. The number of benzene rings is 2. The third kappa shape index (κ3) is 2.82. The molecule has 0 saturated carbocycles. The lowest BCUT2D eigenvalue weighted by Gasteiger charge is -2.26. The quantitative estimate of drug-likeness (QED) is 0.290. The van der Waals surface area contributed by atoms with Gasteiger partial charge in [0.25, 0.3) is 0 Å². The first-order chi connectivity index (χ1) is 16.5. The molecule has 9 nitrogen and oxygen atoms in total. The van der Waals surface area contributed by atoms with Gasteiger partial charge >= 0.3 is 5.97 Å². The molecule has 0 spiro atoms. The lowest BCUT2D eigenvalue weighted by molar-refractivity contribution is -0.140. The Morgan fingerprint density at radius 3 is 2.79 bits per heavy atom. The van der Waals surface area contributed by atoms with Gasteiger partial charge < -0.3 is 24.1 Å². The molecule has 0 saturated heterocycles. The van der Waals surface area contributed by atoms with Crippen molar-refractivity contribution in [2.75, 3.05) is 7.11 Å². The second-order valence-electron chi connectivity index (χ2n) is 7.78. The number of ether oxygens (including phenoxy) is 2. The van der Waals surface area contributed by atoms with Crippen molar-refractivity contribution in [3.05, 3.63) is 69.5 Å². The van der Waals surface area contributed by atoms with Gasteiger partial charge in [0, 0.05) is 29.1 Å². The monoisotopic (exact) mass is 476 g/mol. The first-order valence-electron chi connectivity index (χ1n) is 10.3. The highest BCUT2D eigenvalue weighted by molar-refractivity contribution is 7.15. The zero-order valence-electron chi connectivity index (χ0n) is 17.6. The Balaban J connectivity index is 1.72. The maximum atomic E-state index is 13.1. The number of hydrogen-bond donors (Lipinski definition) is 2. The third-order valence-corrected chi connectivity index (χ3v) is 6.67. The molecule has 5 aromatic rings. The van der Waals surface area contributed by atoms with E-state index in [2.05, 4.69) is 4.98 Å². The normalized spacial score (nSPS) is 14.6. The summed E-state index contributed by atoms with van der Waals surface area (Å²) in [6.45, 7) is 0. The van der Waals surface area contributed by atoms with Gasteiger partial charge in [-0.3, -0.25) is 14.0 Å². The Labute approximate surface area is 195 Å². The number of carbonyl (C=O) groups excluding carboxylic acids is 1. The van der Waals surface area contributed by atoms with Crippen LogP contribution in [0.3, 0.4) is 0 Å². The number of methoxy groups -OCH3 is 1. The zero-order valence-corrected chi connectivity index (χ0v) is 18.5. The molecule has 6 rings (SSSR count). The molecular formula is C24H16N2O7S. The summed E-state index contributed by atoms with van der Waals surface area (Å²) in [6, 6.07) is 10.3. The predicted octanol–water partition coefficient (Wildman–Crippen LogP) is 4.38. The third-order valence-electron chi connectivity index (χ3n) is 5.91. The van der Waals surface area contributed by atoms with Gasteiger partial charge in [0.2, 0.25) is 11.6 Å². The van der Waals surface area contributed by atoms with E-state index in [9.17, 15) is 19.8 Å². The van der Waals surface area contributed by atoms with Gasteiger partial charge in [0.05, 0.1) is 24.8 Å². The van der Waals surface area contributed by atoms with Crippen LogP contribution in [0.4, 0.5) is 0 Å². The van der Waals surface area contributed by atoms with E-state index < -0.39 is 28.8 Å². The van der Waals surface area contributed by atoms with Crippen molar-refractivity contribution in [1.82, 2.24) is 9.38 Å². The van der Waals surface area contributed by atoms with E-state index in [-0.39, 0.29) is 40.3 Å². The van der Waals surface area contributed by atoms with Crippen molar-refractivity contribution in [2.24, 2.45) is 0 Å². The molecule has 0 aliphatic carbocycles. The SMILES string of the molecule is COC(=O)CC1c2c(c(O)c(O)c3c(=O)cc(-c4ccccc4)oc23)Oc2nc3sccn3c21. The van der Waals surface area contributed by atoms with E-state index in [1.807, 2.05) is 11.4 Å². The highest BCUT2D eigenvalue weighted by Crippen LogP contribution is 2.55. The Morgan fingerprint density at radius 2 is 2.03 bits per heavy atom. The highest BCUT2D eigenvalue weighted by Gasteiger charge is 2.40. The number of aromatic hydroxyl groups is 2. The topological polar surface area (TPSA) is 124 Å². The zero-order chi connectivity index (χ0) is 23.6. The summed E-state index contributed by atoms with van der Waals surface area (Å²) in [6.07, 6.45) is 1.65. The summed E-state index contributed by atoms with van der Waals surface area (Å²) in [5, 5.41) is 23.2. The van der Waals surface area contributed by atoms with Gasteiger partial charge in [-0.05, 0) is 0 Å². The number of fused-ring (bicyclic) bond motifs is 6. The van der Waals surface area contributed by atoms with Crippen LogP contribution in [0.5, 0.6) is 23.1 Å². The molecule has 1 unspecified atom stereocenters. The average Bonchev–Trinajstić information content (AvgIpc) is 3.43. The fourth-order valence-electron chi connectivity index (χ4n) is 4.39. The number of thiazole rings is 1. The van der Waals surface area contributed by atoms with E-state index in [1.165, 1.54) is 24.5 Å². The molecule has 4 heterocycles. The van der Waals surface area contributed by atoms with Crippen molar-refractivity contribution in [3.63, 3.8) is 0 Å². The molecule has 0 amide bonds. The van der Waals surface area contributed by atoms with E-state index in [0.29, 0.717) is 16.2 Å². The van der Waals surface area contributed by atoms with Crippen molar-refractivity contribution in [2.45, 2.75) is 12.3 Å². The van der Waals surface area contributed by atoms with Crippen molar-refractivity contribution >= 4 is 33.2 Å². The van der Waals surface area contributed by atoms with Crippen LogP contribution < -0.4 is 10.2 Å². The Kier molecular flexibility index (Phi) is 4.39.